The average Bonchev–Trinajstić information content (AvgIpc) is 3.15. The molecule has 1 aromatic carbocycles. The summed E-state index contributed by atoms with van der Waals surface area (Å²) in [5.74, 6) is 1.22. The highest BCUT2D eigenvalue weighted by molar-refractivity contribution is 6.03. The standard InChI is InChI=1S/C18H17N5O3/c1-3-10-26-14-8-7-12(11-15(14)25-2)17(24)21-18-20-16(22-23-18)13-6-4-5-9-19-13/h3-9,11H,1,10H2,2H3,(H2,20,21,22,23,24). The second-order valence-corrected chi connectivity index (χ2v) is 5.14. The molecule has 0 radical (unpaired) electrons. The molecule has 0 saturated carbocycles. The van der Waals surface area contributed by atoms with Crippen LogP contribution in [0.3, 0.4) is 0 Å². The summed E-state index contributed by atoms with van der Waals surface area (Å²) < 4.78 is 10.7. The third-order valence-electron chi connectivity index (χ3n) is 3.40. The smallest absolute Gasteiger partial charge is 0.258 e. The lowest BCUT2D eigenvalue weighted by Gasteiger charge is -2.10. The van der Waals surface area contributed by atoms with Crippen LogP contribution in [0.25, 0.3) is 11.5 Å². The van der Waals surface area contributed by atoms with Gasteiger partial charge in [-0.3, -0.25) is 20.2 Å². The molecule has 132 valence electrons. The highest BCUT2D eigenvalue weighted by Crippen LogP contribution is 2.28. The minimum Gasteiger partial charge on any atom is -0.493 e. The lowest BCUT2D eigenvalue weighted by atomic mass is 10.2. The van der Waals surface area contributed by atoms with Crippen LogP contribution in [0, 0.1) is 0 Å². The molecule has 0 aliphatic rings. The Morgan fingerprint density at radius 1 is 1.31 bits per heavy atom. The van der Waals surface area contributed by atoms with Gasteiger partial charge in [0.05, 0.1) is 7.11 Å². The van der Waals surface area contributed by atoms with Gasteiger partial charge < -0.3 is 9.47 Å². The maximum Gasteiger partial charge on any atom is 0.258 e. The van der Waals surface area contributed by atoms with Crippen molar-refractivity contribution in [3.05, 3.63) is 60.8 Å². The lowest BCUT2D eigenvalue weighted by molar-refractivity contribution is 0.102. The Kier molecular flexibility index (Phi) is 5.23. The SMILES string of the molecule is C=CCOc1ccc(C(=O)Nc2n[nH]c(-c3ccccn3)n2)cc1OC. The van der Waals surface area contributed by atoms with Crippen molar-refractivity contribution in [2.45, 2.75) is 0 Å². The van der Waals surface area contributed by atoms with Crippen molar-refractivity contribution in [2.24, 2.45) is 0 Å². The molecule has 0 unspecified atom stereocenters. The highest BCUT2D eigenvalue weighted by atomic mass is 16.5. The fourth-order valence-electron chi connectivity index (χ4n) is 2.19. The number of nitrogens with zero attached hydrogens (tertiary/aromatic N) is 3. The summed E-state index contributed by atoms with van der Waals surface area (Å²) in [6.07, 6.45) is 3.28. The molecule has 2 N–H and O–H groups in total. The number of nitrogens with one attached hydrogen (secondary N) is 2. The minimum atomic E-state index is -0.370. The van der Waals surface area contributed by atoms with Gasteiger partial charge in [0.2, 0.25) is 5.95 Å². The largest absolute Gasteiger partial charge is 0.493 e. The van der Waals surface area contributed by atoms with Gasteiger partial charge in [0.15, 0.2) is 17.3 Å². The van der Waals surface area contributed by atoms with E-state index in [1.165, 1.54) is 7.11 Å². The molecule has 8 heteroatoms. The number of benzene rings is 1. The molecular weight excluding hydrogens is 334 g/mol. The van der Waals surface area contributed by atoms with E-state index in [0.717, 1.165) is 0 Å². The average molecular weight is 351 g/mol. The molecule has 1 amide bonds. The first kappa shape index (κ1) is 17.2. The fourth-order valence-corrected chi connectivity index (χ4v) is 2.19. The van der Waals surface area contributed by atoms with Gasteiger partial charge in [0.1, 0.15) is 12.3 Å². The van der Waals surface area contributed by atoms with Gasteiger partial charge in [-0.1, -0.05) is 18.7 Å². The molecule has 0 atom stereocenters. The highest BCUT2D eigenvalue weighted by Gasteiger charge is 2.14. The van der Waals surface area contributed by atoms with Crippen LogP contribution in [-0.2, 0) is 0 Å². The van der Waals surface area contributed by atoms with Gasteiger partial charge >= 0.3 is 0 Å². The molecule has 0 fully saturated rings. The fraction of sp³-hybridized carbons (Fsp3) is 0.111. The van der Waals surface area contributed by atoms with Gasteiger partial charge in [0.25, 0.3) is 5.91 Å². The number of hydrogen-bond donors (Lipinski definition) is 2. The van der Waals surface area contributed by atoms with Crippen LogP contribution >= 0.6 is 0 Å². The molecule has 26 heavy (non-hydrogen) atoms. The molecule has 3 aromatic rings. The summed E-state index contributed by atoms with van der Waals surface area (Å²) in [4.78, 5) is 20.8. The number of carbonyl (C=O) groups excluding carboxylic acids is 1. The zero-order valence-corrected chi connectivity index (χ0v) is 14.1. The maximum absolute atomic E-state index is 12.4. The summed E-state index contributed by atoms with van der Waals surface area (Å²) in [5, 5.41) is 9.35. The number of amides is 1. The van der Waals surface area contributed by atoms with Crippen LogP contribution < -0.4 is 14.8 Å². The number of methoxy groups -OCH3 is 1. The lowest BCUT2D eigenvalue weighted by Crippen LogP contribution is -2.13. The number of carbonyl (C=O) groups is 1. The molecular formula is C18H17N5O3. The predicted octanol–water partition coefficient (Wildman–Crippen LogP) is 2.69. The summed E-state index contributed by atoms with van der Waals surface area (Å²) in [5.41, 5.74) is 1.02. The molecule has 0 aliphatic heterocycles. The van der Waals surface area contributed by atoms with Crippen LogP contribution in [0.4, 0.5) is 5.95 Å². The number of aromatic amines is 1. The number of ether oxygens (including phenoxy) is 2. The molecule has 3 rings (SSSR count). The van der Waals surface area contributed by atoms with Crippen LogP contribution in [0.1, 0.15) is 10.4 Å². The molecule has 0 spiro atoms. The first-order valence-electron chi connectivity index (χ1n) is 7.78. The number of anilines is 1. The zero-order chi connectivity index (χ0) is 18.4. The zero-order valence-electron chi connectivity index (χ0n) is 14.1. The Labute approximate surface area is 149 Å². The van der Waals surface area contributed by atoms with Crippen molar-refractivity contribution in [1.82, 2.24) is 20.2 Å². The molecule has 2 heterocycles. The monoisotopic (exact) mass is 351 g/mol. The van der Waals surface area contributed by atoms with E-state index in [4.69, 9.17) is 9.47 Å². The van der Waals surface area contributed by atoms with Gasteiger partial charge in [-0.05, 0) is 30.3 Å². The van der Waals surface area contributed by atoms with E-state index < -0.39 is 0 Å². The maximum atomic E-state index is 12.4. The first-order valence-corrected chi connectivity index (χ1v) is 7.78. The summed E-state index contributed by atoms with van der Waals surface area (Å²) >= 11 is 0. The van der Waals surface area contributed by atoms with Crippen LogP contribution in [0.2, 0.25) is 0 Å². The van der Waals surface area contributed by atoms with Gasteiger partial charge in [-0.25, -0.2) is 0 Å². The van der Waals surface area contributed by atoms with Gasteiger partial charge in [-0.2, -0.15) is 4.98 Å². The second-order valence-electron chi connectivity index (χ2n) is 5.14. The Morgan fingerprint density at radius 2 is 2.19 bits per heavy atom. The summed E-state index contributed by atoms with van der Waals surface area (Å²) in [6, 6.07) is 10.3. The van der Waals surface area contributed by atoms with E-state index >= 15 is 0 Å². The predicted molar refractivity (Wildman–Crippen MR) is 96.3 cm³/mol. The summed E-state index contributed by atoms with van der Waals surface area (Å²) in [6.45, 7) is 3.94. The normalized spacial score (nSPS) is 10.2. The summed E-state index contributed by atoms with van der Waals surface area (Å²) in [7, 11) is 1.51. The van der Waals surface area contributed by atoms with E-state index in [1.54, 1.807) is 42.6 Å². The van der Waals surface area contributed by atoms with E-state index in [9.17, 15) is 4.79 Å². The van der Waals surface area contributed by atoms with Crippen molar-refractivity contribution in [1.29, 1.82) is 0 Å². The Hall–Kier alpha value is -3.68. The van der Waals surface area contributed by atoms with Crippen LogP contribution in [0.5, 0.6) is 11.5 Å². The van der Waals surface area contributed by atoms with Crippen molar-refractivity contribution in [3.63, 3.8) is 0 Å². The third-order valence-corrected chi connectivity index (χ3v) is 3.40. The van der Waals surface area contributed by atoms with Gasteiger partial charge in [-0.15, -0.1) is 5.10 Å². The Bertz CT molecular complexity index is 908. The number of H-pyrrole nitrogens is 1. The van der Waals surface area contributed by atoms with Crippen LogP contribution in [0.15, 0.2) is 55.3 Å². The van der Waals surface area contributed by atoms with E-state index in [2.05, 4.69) is 32.1 Å². The minimum absolute atomic E-state index is 0.154. The van der Waals surface area contributed by atoms with E-state index in [-0.39, 0.29) is 11.9 Å². The topological polar surface area (TPSA) is 102 Å². The van der Waals surface area contributed by atoms with E-state index in [0.29, 0.717) is 35.2 Å². The first-order chi connectivity index (χ1) is 12.7. The van der Waals surface area contributed by atoms with E-state index in [1.807, 2.05) is 6.07 Å². The number of hydrogen-bond acceptors (Lipinski definition) is 6. The number of pyridine rings is 1. The quantitative estimate of drug-likeness (QED) is 0.635. The van der Waals surface area contributed by atoms with Crippen molar-refractivity contribution >= 4 is 11.9 Å². The molecule has 0 aliphatic carbocycles. The van der Waals surface area contributed by atoms with Crippen LogP contribution in [-0.4, -0.2) is 39.8 Å². The number of aromatic nitrogens is 4. The third kappa shape index (κ3) is 3.86. The Balaban J connectivity index is 1.74. The van der Waals surface area contributed by atoms with Crippen molar-refractivity contribution in [2.75, 3.05) is 19.0 Å². The molecule has 0 saturated heterocycles. The van der Waals surface area contributed by atoms with Crippen molar-refractivity contribution in [3.8, 4) is 23.0 Å². The molecule has 2 aromatic heterocycles. The second kappa shape index (κ2) is 7.93. The number of rotatable bonds is 7. The van der Waals surface area contributed by atoms with Gasteiger partial charge in [0, 0.05) is 11.8 Å². The molecule has 8 nitrogen and oxygen atoms in total. The Morgan fingerprint density at radius 3 is 2.92 bits per heavy atom. The van der Waals surface area contributed by atoms with Crippen molar-refractivity contribution < 1.29 is 14.3 Å². The molecule has 0 bridgehead atoms.